The van der Waals surface area contributed by atoms with Crippen LogP contribution in [0.5, 0.6) is 0 Å². The Morgan fingerprint density at radius 3 is 2.61 bits per heavy atom. The van der Waals surface area contributed by atoms with Crippen LogP contribution in [-0.4, -0.2) is 53.4 Å². The highest BCUT2D eigenvalue weighted by molar-refractivity contribution is 7.22. The van der Waals surface area contributed by atoms with Gasteiger partial charge in [-0.3, -0.25) is 19.8 Å². The lowest BCUT2D eigenvalue weighted by atomic mass is 10.2. The topological polar surface area (TPSA) is 91.6 Å². The second kappa shape index (κ2) is 7.91. The van der Waals surface area contributed by atoms with Crippen LogP contribution in [0.1, 0.15) is 0 Å². The van der Waals surface area contributed by atoms with Gasteiger partial charge < -0.3 is 10.2 Å². The Bertz CT molecular complexity index is 999. The normalized spacial score (nSPS) is 14.9. The summed E-state index contributed by atoms with van der Waals surface area (Å²) >= 11 is 1.24. The number of para-hydroxylation sites is 1. The number of nitro groups is 1. The number of nitrogens with zero attached hydrogens (tertiary/aromatic N) is 4. The van der Waals surface area contributed by atoms with E-state index in [1.165, 1.54) is 29.2 Å². The largest absolute Gasteiger partial charge is 0.369 e. The van der Waals surface area contributed by atoms with E-state index in [1.54, 1.807) is 6.07 Å². The van der Waals surface area contributed by atoms with Crippen molar-refractivity contribution in [3.8, 4) is 0 Å². The number of non-ortho nitro benzene ring substituents is 1. The molecule has 1 aromatic heterocycles. The van der Waals surface area contributed by atoms with Crippen molar-refractivity contribution in [1.82, 2.24) is 9.88 Å². The first-order valence-corrected chi connectivity index (χ1v) is 9.77. The molecule has 1 N–H and O–H groups in total. The summed E-state index contributed by atoms with van der Waals surface area (Å²) in [5.74, 6) is -0.123. The van der Waals surface area contributed by atoms with Crippen LogP contribution < -0.4 is 10.2 Å². The maximum Gasteiger partial charge on any atom is 0.270 e. The number of amides is 1. The number of hydrogen-bond donors (Lipinski definition) is 1. The van der Waals surface area contributed by atoms with Gasteiger partial charge in [-0.25, -0.2) is 4.98 Å². The lowest BCUT2D eigenvalue weighted by Gasteiger charge is -2.35. The molecule has 0 aliphatic carbocycles. The Balaban J connectivity index is 1.32. The average molecular weight is 397 g/mol. The summed E-state index contributed by atoms with van der Waals surface area (Å²) in [6.45, 7) is 3.69. The number of anilines is 2. The van der Waals surface area contributed by atoms with Crippen molar-refractivity contribution in [2.75, 3.05) is 42.9 Å². The van der Waals surface area contributed by atoms with Gasteiger partial charge in [0.05, 0.1) is 21.7 Å². The van der Waals surface area contributed by atoms with Crippen LogP contribution >= 0.6 is 11.3 Å². The monoisotopic (exact) mass is 397 g/mol. The maximum absolute atomic E-state index is 12.4. The number of nitrogens with one attached hydrogen (secondary N) is 1. The molecular formula is C19H19N5O3S. The predicted molar refractivity (Wildman–Crippen MR) is 110 cm³/mol. The summed E-state index contributed by atoms with van der Waals surface area (Å²) in [4.78, 5) is 31.6. The molecule has 0 saturated carbocycles. The molecule has 1 saturated heterocycles. The van der Waals surface area contributed by atoms with Gasteiger partial charge in [0.25, 0.3) is 5.69 Å². The number of carbonyl (C=O) groups is 1. The molecule has 28 heavy (non-hydrogen) atoms. The highest BCUT2D eigenvalue weighted by Crippen LogP contribution is 2.29. The average Bonchev–Trinajstić information content (AvgIpc) is 3.10. The second-order valence-electron chi connectivity index (χ2n) is 6.58. The van der Waals surface area contributed by atoms with Gasteiger partial charge in [-0.2, -0.15) is 0 Å². The van der Waals surface area contributed by atoms with Crippen LogP contribution in [-0.2, 0) is 4.79 Å². The molecule has 0 atom stereocenters. The summed E-state index contributed by atoms with van der Waals surface area (Å²) in [7, 11) is 0. The quantitative estimate of drug-likeness (QED) is 0.526. The van der Waals surface area contributed by atoms with Crippen molar-refractivity contribution in [3.63, 3.8) is 0 Å². The molecule has 0 unspecified atom stereocenters. The van der Waals surface area contributed by atoms with E-state index in [4.69, 9.17) is 0 Å². The van der Waals surface area contributed by atoms with Gasteiger partial charge in [0.1, 0.15) is 0 Å². The molecule has 1 aliphatic rings. The van der Waals surface area contributed by atoms with E-state index in [1.807, 2.05) is 18.2 Å². The highest BCUT2D eigenvalue weighted by Gasteiger charge is 2.20. The van der Waals surface area contributed by atoms with Gasteiger partial charge >= 0.3 is 0 Å². The van der Waals surface area contributed by atoms with Crippen LogP contribution in [0.15, 0.2) is 48.5 Å². The number of piperazine rings is 1. The van der Waals surface area contributed by atoms with E-state index in [9.17, 15) is 14.9 Å². The lowest BCUT2D eigenvalue weighted by molar-refractivity contribution is -0.384. The Morgan fingerprint density at radius 1 is 1.14 bits per heavy atom. The van der Waals surface area contributed by atoms with Crippen molar-refractivity contribution in [2.45, 2.75) is 0 Å². The minimum Gasteiger partial charge on any atom is -0.369 e. The van der Waals surface area contributed by atoms with Crippen molar-refractivity contribution in [2.24, 2.45) is 0 Å². The minimum absolute atomic E-state index is 0.0188. The van der Waals surface area contributed by atoms with Crippen molar-refractivity contribution in [1.29, 1.82) is 0 Å². The third-order valence-electron chi connectivity index (χ3n) is 4.69. The summed E-state index contributed by atoms with van der Waals surface area (Å²) in [5.41, 5.74) is 1.86. The number of thiazole rings is 1. The molecule has 8 nitrogen and oxygen atoms in total. The zero-order valence-corrected chi connectivity index (χ0v) is 15.9. The molecule has 1 amide bonds. The van der Waals surface area contributed by atoms with Crippen LogP contribution in [0.4, 0.5) is 16.5 Å². The third kappa shape index (κ3) is 4.10. The number of benzene rings is 2. The molecule has 0 bridgehead atoms. The highest BCUT2D eigenvalue weighted by atomic mass is 32.1. The molecule has 1 fully saturated rings. The zero-order chi connectivity index (χ0) is 19.5. The lowest BCUT2D eigenvalue weighted by Crippen LogP contribution is -2.48. The van der Waals surface area contributed by atoms with Gasteiger partial charge in [-0.05, 0) is 18.2 Å². The van der Waals surface area contributed by atoms with E-state index in [0.717, 1.165) is 26.2 Å². The number of rotatable bonds is 5. The molecule has 0 spiro atoms. The van der Waals surface area contributed by atoms with Gasteiger partial charge in [0, 0.05) is 44.0 Å². The minimum atomic E-state index is -0.438. The Labute approximate surface area is 165 Å². The predicted octanol–water partition coefficient (Wildman–Crippen LogP) is 2.97. The second-order valence-corrected chi connectivity index (χ2v) is 7.61. The standard InChI is InChI=1S/C19H19N5O3S/c25-18(13-22-8-10-23(11-9-22)14-4-2-1-3-5-14)21-19-20-16-7-6-15(24(26)27)12-17(16)28-19/h1-7,12H,8-11,13H2,(H,20,21,25). The number of nitro benzene ring substituents is 1. The number of carbonyl (C=O) groups excluding carboxylic acids is 1. The van der Waals surface area contributed by atoms with Gasteiger partial charge in [-0.15, -0.1) is 0 Å². The number of aromatic nitrogens is 1. The molecule has 144 valence electrons. The fourth-order valence-corrected chi connectivity index (χ4v) is 4.16. The number of fused-ring (bicyclic) bond motifs is 1. The van der Waals surface area contributed by atoms with Crippen molar-refractivity contribution < 1.29 is 9.72 Å². The van der Waals surface area contributed by atoms with Crippen LogP contribution in [0.3, 0.4) is 0 Å². The van der Waals surface area contributed by atoms with Crippen LogP contribution in [0, 0.1) is 10.1 Å². The first-order valence-electron chi connectivity index (χ1n) is 8.96. The van der Waals surface area contributed by atoms with Crippen LogP contribution in [0.25, 0.3) is 10.2 Å². The van der Waals surface area contributed by atoms with E-state index < -0.39 is 4.92 Å². The molecule has 3 aromatic rings. The molecule has 4 rings (SSSR count). The third-order valence-corrected chi connectivity index (χ3v) is 5.62. The SMILES string of the molecule is O=C(CN1CCN(c2ccccc2)CC1)Nc1nc2ccc([N+](=O)[O-])cc2s1. The van der Waals surface area contributed by atoms with Crippen molar-refractivity contribution >= 4 is 44.0 Å². The van der Waals surface area contributed by atoms with E-state index in [-0.39, 0.29) is 11.6 Å². The van der Waals surface area contributed by atoms with Gasteiger partial charge in [0.2, 0.25) is 5.91 Å². The van der Waals surface area contributed by atoms with E-state index in [0.29, 0.717) is 21.9 Å². The number of hydrogen-bond acceptors (Lipinski definition) is 7. The fourth-order valence-electron chi connectivity index (χ4n) is 3.25. The Kier molecular flexibility index (Phi) is 5.18. The molecule has 1 aliphatic heterocycles. The van der Waals surface area contributed by atoms with Crippen LogP contribution in [0.2, 0.25) is 0 Å². The van der Waals surface area contributed by atoms with Crippen molar-refractivity contribution in [3.05, 3.63) is 58.6 Å². The Morgan fingerprint density at radius 2 is 1.89 bits per heavy atom. The summed E-state index contributed by atoms with van der Waals surface area (Å²) < 4.78 is 0.681. The summed E-state index contributed by atoms with van der Waals surface area (Å²) in [5, 5.41) is 14.2. The van der Waals surface area contributed by atoms with Gasteiger partial charge in [-0.1, -0.05) is 29.5 Å². The first-order chi connectivity index (χ1) is 13.6. The van der Waals surface area contributed by atoms with Gasteiger partial charge in [0.15, 0.2) is 5.13 Å². The smallest absolute Gasteiger partial charge is 0.270 e. The molecule has 2 aromatic carbocycles. The van der Waals surface area contributed by atoms with E-state index in [2.05, 4.69) is 32.2 Å². The maximum atomic E-state index is 12.4. The zero-order valence-electron chi connectivity index (χ0n) is 15.1. The molecule has 2 heterocycles. The fraction of sp³-hybridized carbons (Fsp3) is 0.263. The Hall–Kier alpha value is -3.04. The summed E-state index contributed by atoms with van der Waals surface area (Å²) in [6.07, 6.45) is 0. The van der Waals surface area contributed by atoms with E-state index >= 15 is 0 Å². The summed E-state index contributed by atoms with van der Waals surface area (Å²) in [6, 6.07) is 14.8. The molecule has 0 radical (unpaired) electrons. The molecule has 9 heteroatoms. The molecular weight excluding hydrogens is 378 g/mol. The first kappa shape index (κ1) is 18.3.